The molecule has 5 heteroatoms. The van der Waals surface area contributed by atoms with Crippen molar-refractivity contribution >= 4 is 11.2 Å². The SMILES string of the molecule is Cc1nc2cncnc2n(C2CCCC2)c1=O. The summed E-state index contributed by atoms with van der Waals surface area (Å²) in [6, 6.07) is 0.279. The Kier molecular flexibility index (Phi) is 2.39. The summed E-state index contributed by atoms with van der Waals surface area (Å²) in [6.45, 7) is 1.75. The van der Waals surface area contributed by atoms with Gasteiger partial charge < -0.3 is 0 Å². The summed E-state index contributed by atoms with van der Waals surface area (Å²) in [5, 5.41) is 0. The molecule has 0 spiro atoms. The Balaban J connectivity index is 2.33. The number of hydrogen-bond donors (Lipinski definition) is 0. The zero-order chi connectivity index (χ0) is 11.8. The Morgan fingerprint density at radius 2 is 2.12 bits per heavy atom. The van der Waals surface area contributed by atoms with Crippen LogP contribution in [0.1, 0.15) is 37.4 Å². The molecule has 0 aliphatic heterocycles. The van der Waals surface area contributed by atoms with Crippen LogP contribution in [-0.4, -0.2) is 19.5 Å². The fraction of sp³-hybridized carbons (Fsp3) is 0.500. The summed E-state index contributed by atoms with van der Waals surface area (Å²) in [4.78, 5) is 24.6. The van der Waals surface area contributed by atoms with E-state index >= 15 is 0 Å². The van der Waals surface area contributed by atoms with Gasteiger partial charge in [0.05, 0.1) is 6.20 Å². The van der Waals surface area contributed by atoms with E-state index in [1.165, 1.54) is 19.2 Å². The number of nitrogens with zero attached hydrogens (tertiary/aromatic N) is 4. The van der Waals surface area contributed by atoms with E-state index in [4.69, 9.17) is 0 Å². The second kappa shape index (κ2) is 3.91. The number of rotatable bonds is 1. The van der Waals surface area contributed by atoms with Crippen LogP contribution in [0, 0.1) is 6.92 Å². The molecule has 1 aliphatic rings. The third-order valence-corrected chi connectivity index (χ3v) is 3.41. The van der Waals surface area contributed by atoms with Crippen LogP contribution < -0.4 is 5.56 Å². The predicted molar refractivity (Wildman–Crippen MR) is 63.8 cm³/mol. The third-order valence-electron chi connectivity index (χ3n) is 3.41. The first kappa shape index (κ1) is 10.4. The van der Waals surface area contributed by atoms with Crippen molar-refractivity contribution in [2.24, 2.45) is 0 Å². The first-order chi connectivity index (χ1) is 8.27. The van der Waals surface area contributed by atoms with Crippen molar-refractivity contribution in [2.75, 3.05) is 0 Å². The van der Waals surface area contributed by atoms with E-state index in [-0.39, 0.29) is 11.6 Å². The quantitative estimate of drug-likeness (QED) is 0.746. The highest BCUT2D eigenvalue weighted by Gasteiger charge is 2.21. The maximum absolute atomic E-state index is 12.2. The van der Waals surface area contributed by atoms with Crippen molar-refractivity contribution in [1.82, 2.24) is 19.5 Å². The van der Waals surface area contributed by atoms with Crippen LogP contribution in [-0.2, 0) is 0 Å². The molecule has 5 nitrogen and oxygen atoms in total. The summed E-state index contributed by atoms with van der Waals surface area (Å²) in [7, 11) is 0. The molecule has 0 unspecified atom stereocenters. The molecule has 0 atom stereocenters. The molecule has 1 aliphatic carbocycles. The molecule has 2 aromatic heterocycles. The summed E-state index contributed by atoms with van der Waals surface area (Å²) < 4.78 is 1.81. The molecule has 17 heavy (non-hydrogen) atoms. The molecule has 0 amide bonds. The molecule has 0 radical (unpaired) electrons. The van der Waals surface area contributed by atoms with E-state index in [9.17, 15) is 4.79 Å². The van der Waals surface area contributed by atoms with Crippen molar-refractivity contribution < 1.29 is 0 Å². The van der Waals surface area contributed by atoms with Crippen LogP contribution >= 0.6 is 0 Å². The number of fused-ring (bicyclic) bond motifs is 1. The number of hydrogen-bond acceptors (Lipinski definition) is 4. The van der Waals surface area contributed by atoms with Crippen LogP contribution in [0.5, 0.6) is 0 Å². The largest absolute Gasteiger partial charge is 0.287 e. The lowest BCUT2D eigenvalue weighted by Gasteiger charge is -2.15. The molecular weight excluding hydrogens is 216 g/mol. The van der Waals surface area contributed by atoms with Gasteiger partial charge >= 0.3 is 0 Å². The van der Waals surface area contributed by atoms with Crippen molar-refractivity contribution in [3.05, 3.63) is 28.6 Å². The molecule has 1 saturated carbocycles. The van der Waals surface area contributed by atoms with E-state index < -0.39 is 0 Å². The smallest absolute Gasteiger partial charge is 0.273 e. The van der Waals surface area contributed by atoms with E-state index in [2.05, 4.69) is 15.0 Å². The maximum atomic E-state index is 12.2. The van der Waals surface area contributed by atoms with Crippen molar-refractivity contribution in [3.8, 4) is 0 Å². The van der Waals surface area contributed by atoms with Gasteiger partial charge in [-0.05, 0) is 19.8 Å². The molecule has 3 rings (SSSR count). The number of aromatic nitrogens is 4. The molecule has 2 heterocycles. The van der Waals surface area contributed by atoms with Gasteiger partial charge in [-0.3, -0.25) is 9.36 Å². The minimum absolute atomic E-state index is 0.0110. The molecule has 0 saturated heterocycles. The minimum atomic E-state index is -0.0110. The molecular formula is C12H14N4O. The average molecular weight is 230 g/mol. The van der Waals surface area contributed by atoms with Crippen LogP contribution in [0.25, 0.3) is 11.2 Å². The second-order valence-electron chi connectivity index (χ2n) is 4.54. The van der Waals surface area contributed by atoms with Crippen molar-refractivity contribution in [3.63, 3.8) is 0 Å². The Labute approximate surface area is 98.5 Å². The topological polar surface area (TPSA) is 60.7 Å². The molecule has 0 aromatic carbocycles. The van der Waals surface area contributed by atoms with Crippen LogP contribution in [0.3, 0.4) is 0 Å². The first-order valence-corrected chi connectivity index (χ1v) is 5.96. The van der Waals surface area contributed by atoms with Gasteiger partial charge in [-0.15, -0.1) is 0 Å². The van der Waals surface area contributed by atoms with Gasteiger partial charge in [0.1, 0.15) is 17.5 Å². The Morgan fingerprint density at radius 3 is 2.88 bits per heavy atom. The van der Waals surface area contributed by atoms with Gasteiger partial charge in [-0.1, -0.05) is 12.8 Å². The van der Waals surface area contributed by atoms with Gasteiger partial charge in [0, 0.05) is 6.04 Å². The molecule has 2 aromatic rings. The molecule has 1 fully saturated rings. The van der Waals surface area contributed by atoms with Gasteiger partial charge in [0.15, 0.2) is 5.65 Å². The normalized spacial score (nSPS) is 16.8. The summed E-state index contributed by atoms with van der Waals surface area (Å²) in [5.74, 6) is 0. The summed E-state index contributed by atoms with van der Waals surface area (Å²) in [5.41, 5.74) is 1.89. The van der Waals surface area contributed by atoms with Gasteiger partial charge in [-0.25, -0.2) is 15.0 Å². The highest BCUT2D eigenvalue weighted by Crippen LogP contribution is 2.29. The van der Waals surface area contributed by atoms with Crippen LogP contribution in [0.4, 0.5) is 0 Å². The highest BCUT2D eigenvalue weighted by molar-refractivity contribution is 5.68. The lowest BCUT2D eigenvalue weighted by molar-refractivity contribution is 0.511. The summed E-state index contributed by atoms with van der Waals surface area (Å²) >= 11 is 0. The zero-order valence-corrected chi connectivity index (χ0v) is 9.76. The Bertz CT molecular complexity index is 613. The third kappa shape index (κ3) is 1.62. The molecule has 0 bridgehead atoms. The lowest BCUT2D eigenvalue weighted by atomic mass is 10.2. The first-order valence-electron chi connectivity index (χ1n) is 5.96. The Morgan fingerprint density at radius 1 is 1.35 bits per heavy atom. The van der Waals surface area contributed by atoms with E-state index in [0.717, 1.165) is 12.8 Å². The zero-order valence-electron chi connectivity index (χ0n) is 9.76. The number of aryl methyl sites for hydroxylation is 1. The lowest BCUT2D eigenvalue weighted by Crippen LogP contribution is -2.27. The maximum Gasteiger partial charge on any atom is 0.273 e. The van der Waals surface area contributed by atoms with Crippen LogP contribution in [0.15, 0.2) is 17.3 Å². The van der Waals surface area contributed by atoms with Gasteiger partial charge in [0.25, 0.3) is 5.56 Å². The minimum Gasteiger partial charge on any atom is -0.287 e. The Hall–Kier alpha value is -1.78. The van der Waals surface area contributed by atoms with E-state index in [1.807, 2.05) is 4.57 Å². The fourth-order valence-corrected chi connectivity index (χ4v) is 2.58. The van der Waals surface area contributed by atoms with E-state index in [1.54, 1.807) is 13.1 Å². The molecule has 0 N–H and O–H groups in total. The standard InChI is InChI=1S/C12H14N4O/c1-8-12(17)16(9-4-2-3-5-9)11-10(15-8)6-13-7-14-11/h6-7,9H,2-5H2,1H3. The van der Waals surface area contributed by atoms with E-state index in [0.29, 0.717) is 16.9 Å². The second-order valence-corrected chi connectivity index (χ2v) is 4.54. The monoisotopic (exact) mass is 230 g/mol. The van der Waals surface area contributed by atoms with Crippen LogP contribution in [0.2, 0.25) is 0 Å². The highest BCUT2D eigenvalue weighted by atomic mass is 16.1. The fourth-order valence-electron chi connectivity index (χ4n) is 2.58. The predicted octanol–water partition coefficient (Wildman–Crippen LogP) is 1.61. The van der Waals surface area contributed by atoms with Gasteiger partial charge in [0.2, 0.25) is 0 Å². The average Bonchev–Trinajstić information content (AvgIpc) is 2.84. The van der Waals surface area contributed by atoms with Gasteiger partial charge in [-0.2, -0.15) is 0 Å². The van der Waals surface area contributed by atoms with Crippen molar-refractivity contribution in [2.45, 2.75) is 38.6 Å². The summed E-state index contributed by atoms with van der Waals surface area (Å²) in [6.07, 6.45) is 7.63. The molecule has 88 valence electrons. The van der Waals surface area contributed by atoms with Crippen molar-refractivity contribution in [1.29, 1.82) is 0 Å².